The third-order valence-corrected chi connectivity index (χ3v) is 2.54. The van der Waals surface area contributed by atoms with Gasteiger partial charge in [0.2, 0.25) is 0 Å². The lowest BCUT2D eigenvalue weighted by molar-refractivity contribution is 0.0697. The monoisotopic (exact) mass is 245 g/mol. The van der Waals surface area contributed by atoms with Gasteiger partial charge in [-0.3, -0.25) is 9.67 Å². The minimum Gasteiger partial charge on any atom is -0.478 e. The molecule has 18 heavy (non-hydrogen) atoms. The van der Waals surface area contributed by atoms with Crippen LogP contribution in [0.5, 0.6) is 0 Å². The number of nitrogens with zero attached hydrogens (tertiary/aromatic N) is 3. The molecule has 2 heterocycles. The van der Waals surface area contributed by atoms with Gasteiger partial charge >= 0.3 is 5.97 Å². The molecule has 1 N–H and O–H groups in total. The van der Waals surface area contributed by atoms with Crippen LogP contribution in [0.2, 0.25) is 0 Å². The zero-order valence-corrected chi connectivity index (χ0v) is 10.6. The molecule has 0 atom stereocenters. The highest BCUT2D eigenvalue weighted by Gasteiger charge is 2.22. The number of rotatable bonds is 2. The number of aromatic nitrogens is 3. The first-order chi connectivity index (χ1) is 8.39. The average molecular weight is 245 g/mol. The Kier molecular flexibility index (Phi) is 2.90. The van der Waals surface area contributed by atoms with E-state index in [1.54, 1.807) is 29.2 Å². The summed E-state index contributed by atoms with van der Waals surface area (Å²) < 4.78 is 1.65. The third kappa shape index (κ3) is 2.25. The van der Waals surface area contributed by atoms with Crippen LogP contribution in [-0.2, 0) is 5.54 Å². The maximum atomic E-state index is 11.3. The van der Waals surface area contributed by atoms with Crippen molar-refractivity contribution >= 4 is 5.97 Å². The van der Waals surface area contributed by atoms with Crippen molar-refractivity contribution in [1.29, 1.82) is 0 Å². The highest BCUT2D eigenvalue weighted by molar-refractivity contribution is 5.94. The van der Waals surface area contributed by atoms with Crippen LogP contribution in [0.15, 0.2) is 30.6 Å². The van der Waals surface area contributed by atoms with Crippen LogP contribution < -0.4 is 0 Å². The Morgan fingerprint density at radius 3 is 2.56 bits per heavy atom. The lowest BCUT2D eigenvalue weighted by Gasteiger charge is -2.18. The van der Waals surface area contributed by atoms with Crippen LogP contribution >= 0.6 is 0 Å². The van der Waals surface area contributed by atoms with E-state index in [2.05, 4.69) is 10.1 Å². The summed E-state index contributed by atoms with van der Waals surface area (Å²) >= 11 is 0. The van der Waals surface area contributed by atoms with Crippen molar-refractivity contribution in [2.75, 3.05) is 0 Å². The molecule has 0 amide bonds. The molecule has 94 valence electrons. The van der Waals surface area contributed by atoms with Gasteiger partial charge in [0.05, 0.1) is 11.2 Å². The van der Waals surface area contributed by atoms with Crippen LogP contribution in [0.25, 0.3) is 11.4 Å². The van der Waals surface area contributed by atoms with Crippen LogP contribution in [0, 0.1) is 0 Å². The van der Waals surface area contributed by atoms with Gasteiger partial charge in [-0.1, -0.05) is 6.07 Å². The summed E-state index contributed by atoms with van der Waals surface area (Å²) in [6, 6.07) is 5.34. The van der Waals surface area contributed by atoms with E-state index in [0.29, 0.717) is 11.4 Å². The molecule has 0 bridgehead atoms. The highest BCUT2D eigenvalue weighted by Crippen LogP contribution is 2.23. The maximum Gasteiger partial charge on any atom is 0.339 e. The van der Waals surface area contributed by atoms with Gasteiger partial charge in [-0.05, 0) is 32.9 Å². The Morgan fingerprint density at radius 2 is 2.06 bits per heavy atom. The first kappa shape index (κ1) is 12.3. The molecule has 2 aromatic heterocycles. The van der Waals surface area contributed by atoms with E-state index in [9.17, 15) is 9.90 Å². The van der Waals surface area contributed by atoms with Gasteiger partial charge in [0, 0.05) is 12.4 Å². The Bertz CT molecular complexity index is 568. The van der Waals surface area contributed by atoms with E-state index in [-0.39, 0.29) is 11.1 Å². The van der Waals surface area contributed by atoms with E-state index >= 15 is 0 Å². The molecule has 2 rings (SSSR count). The lowest BCUT2D eigenvalue weighted by Crippen LogP contribution is -2.22. The predicted molar refractivity (Wildman–Crippen MR) is 67.4 cm³/mol. The smallest absolute Gasteiger partial charge is 0.339 e. The van der Waals surface area contributed by atoms with Gasteiger partial charge in [-0.15, -0.1) is 0 Å². The molecule has 2 aromatic rings. The lowest BCUT2D eigenvalue weighted by atomic mass is 10.1. The van der Waals surface area contributed by atoms with Crippen LogP contribution in [-0.4, -0.2) is 25.8 Å². The average Bonchev–Trinajstić information content (AvgIpc) is 2.74. The topological polar surface area (TPSA) is 68.0 Å². The summed E-state index contributed by atoms with van der Waals surface area (Å²) in [5.74, 6) is -0.994. The summed E-state index contributed by atoms with van der Waals surface area (Å²) in [5.41, 5.74) is 0.872. The number of carboxylic acids is 1. The molecule has 0 radical (unpaired) electrons. The fraction of sp³-hybridized carbons (Fsp3) is 0.308. The van der Waals surface area contributed by atoms with E-state index < -0.39 is 5.97 Å². The summed E-state index contributed by atoms with van der Waals surface area (Å²) in [7, 11) is 0. The second-order valence-corrected chi connectivity index (χ2v) is 5.03. The van der Waals surface area contributed by atoms with Gasteiger partial charge in [0.25, 0.3) is 0 Å². The summed E-state index contributed by atoms with van der Waals surface area (Å²) in [6.45, 7) is 5.90. The molecule has 0 saturated carbocycles. The van der Waals surface area contributed by atoms with Crippen molar-refractivity contribution in [2.24, 2.45) is 0 Å². The number of carbonyl (C=O) groups is 1. The quantitative estimate of drug-likeness (QED) is 0.882. The maximum absolute atomic E-state index is 11.3. The normalized spacial score (nSPS) is 11.5. The van der Waals surface area contributed by atoms with Gasteiger partial charge in [-0.2, -0.15) is 5.10 Å². The summed E-state index contributed by atoms with van der Waals surface area (Å²) in [6.07, 6.45) is 3.17. The minimum atomic E-state index is -0.994. The minimum absolute atomic E-state index is 0.170. The van der Waals surface area contributed by atoms with Crippen molar-refractivity contribution in [3.05, 3.63) is 36.2 Å². The van der Waals surface area contributed by atoms with E-state index in [1.807, 2.05) is 26.8 Å². The van der Waals surface area contributed by atoms with Crippen LogP contribution in [0.3, 0.4) is 0 Å². The van der Waals surface area contributed by atoms with Gasteiger partial charge in [0.1, 0.15) is 11.3 Å². The van der Waals surface area contributed by atoms with Crippen molar-refractivity contribution in [1.82, 2.24) is 14.8 Å². The van der Waals surface area contributed by atoms with Crippen LogP contribution in [0.1, 0.15) is 31.1 Å². The molecule has 0 aliphatic carbocycles. The molecular formula is C13H15N3O2. The molecule has 0 saturated heterocycles. The predicted octanol–water partition coefficient (Wildman–Crippen LogP) is 2.40. The second kappa shape index (κ2) is 4.25. The zero-order chi connectivity index (χ0) is 13.3. The van der Waals surface area contributed by atoms with Crippen molar-refractivity contribution in [3.63, 3.8) is 0 Å². The number of pyridine rings is 1. The van der Waals surface area contributed by atoms with Gasteiger partial charge in [-0.25, -0.2) is 4.79 Å². The largest absolute Gasteiger partial charge is 0.478 e. The van der Waals surface area contributed by atoms with E-state index in [0.717, 1.165) is 0 Å². The number of aromatic carboxylic acids is 1. The SMILES string of the molecule is CC(C)(C)n1cc(C(=O)O)c(-c2ccccn2)n1. The Balaban J connectivity index is 2.60. The molecule has 0 fully saturated rings. The zero-order valence-electron chi connectivity index (χ0n) is 10.6. The first-order valence-electron chi connectivity index (χ1n) is 5.64. The number of carboxylic acid groups (broad SMARTS) is 1. The Labute approximate surface area is 105 Å². The van der Waals surface area contributed by atoms with Crippen molar-refractivity contribution < 1.29 is 9.90 Å². The number of hydrogen-bond acceptors (Lipinski definition) is 3. The van der Waals surface area contributed by atoms with Gasteiger partial charge in [0.15, 0.2) is 0 Å². The first-order valence-corrected chi connectivity index (χ1v) is 5.64. The Hall–Kier alpha value is -2.17. The molecule has 5 heteroatoms. The molecular weight excluding hydrogens is 230 g/mol. The fourth-order valence-electron chi connectivity index (χ4n) is 1.57. The fourth-order valence-corrected chi connectivity index (χ4v) is 1.57. The Morgan fingerprint density at radius 1 is 1.33 bits per heavy atom. The molecule has 0 aliphatic rings. The summed E-state index contributed by atoms with van der Waals surface area (Å²) in [4.78, 5) is 15.4. The van der Waals surface area contributed by atoms with E-state index in [1.165, 1.54) is 0 Å². The van der Waals surface area contributed by atoms with Crippen LogP contribution in [0.4, 0.5) is 0 Å². The standard InChI is InChI=1S/C13H15N3O2/c1-13(2,3)16-8-9(12(17)18)11(15-16)10-6-4-5-7-14-10/h4-8H,1-3H3,(H,17,18). The number of hydrogen-bond donors (Lipinski definition) is 1. The highest BCUT2D eigenvalue weighted by atomic mass is 16.4. The van der Waals surface area contributed by atoms with Crippen molar-refractivity contribution in [3.8, 4) is 11.4 Å². The third-order valence-electron chi connectivity index (χ3n) is 2.54. The molecule has 0 aromatic carbocycles. The molecule has 0 spiro atoms. The van der Waals surface area contributed by atoms with E-state index in [4.69, 9.17) is 0 Å². The van der Waals surface area contributed by atoms with Gasteiger partial charge < -0.3 is 5.11 Å². The second-order valence-electron chi connectivity index (χ2n) is 5.03. The molecule has 5 nitrogen and oxygen atoms in total. The summed E-state index contributed by atoms with van der Waals surface area (Å²) in [5, 5.41) is 13.6. The van der Waals surface area contributed by atoms with Crippen molar-refractivity contribution in [2.45, 2.75) is 26.3 Å². The molecule has 0 unspecified atom stereocenters. The molecule has 0 aliphatic heterocycles.